The molecule has 0 fully saturated rings. The van der Waals surface area contributed by atoms with E-state index in [4.69, 9.17) is 17.9 Å². The van der Waals surface area contributed by atoms with Crippen molar-refractivity contribution in [3.8, 4) is 12.3 Å². The van der Waals surface area contributed by atoms with Gasteiger partial charge in [0.15, 0.2) is 0 Å². The Morgan fingerprint density at radius 3 is 2.83 bits per heavy atom. The number of rotatable bonds is 2. The molecular weight excluding hydrogens is 148 g/mol. The van der Waals surface area contributed by atoms with Gasteiger partial charge in [-0.3, -0.25) is 0 Å². The summed E-state index contributed by atoms with van der Waals surface area (Å²) in [6, 6.07) is 7.46. The number of benzene rings is 1. The molecule has 2 nitrogen and oxygen atoms in total. The predicted molar refractivity (Wildman–Crippen MR) is 50.4 cm³/mol. The van der Waals surface area contributed by atoms with E-state index in [0.29, 0.717) is 6.54 Å². The number of hydrogen-bond acceptors (Lipinski definition) is 2. The fourth-order valence-corrected chi connectivity index (χ4v) is 0.995. The molecule has 4 N–H and O–H groups in total. The van der Waals surface area contributed by atoms with Crippen LogP contribution in [0.15, 0.2) is 24.3 Å². The van der Waals surface area contributed by atoms with Gasteiger partial charge in [-0.2, -0.15) is 0 Å². The summed E-state index contributed by atoms with van der Waals surface area (Å²) in [6.45, 7) is 0.439. The van der Waals surface area contributed by atoms with Crippen molar-refractivity contribution in [3.63, 3.8) is 0 Å². The summed E-state index contributed by atoms with van der Waals surface area (Å²) < 4.78 is 0. The molecule has 1 atom stereocenters. The van der Waals surface area contributed by atoms with Gasteiger partial charge in [-0.25, -0.2) is 0 Å². The molecule has 0 aromatic heterocycles. The van der Waals surface area contributed by atoms with E-state index in [-0.39, 0.29) is 6.04 Å². The summed E-state index contributed by atoms with van der Waals surface area (Å²) in [5, 5.41) is 0. The Labute approximate surface area is 72.6 Å². The number of nitrogens with two attached hydrogens (primary N) is 2. The fraction of sp³-hybridized carbons (Fsp3) is 0.200. The van der Waals surface area contributed by atoms with Crippen LogP contribution in [0, 0.1) is 12.3 Å². The Morgan fingerprint density at radius 2 is 2.25 bits per heavy atom. The van der Waals surface area contributed by atoms with Gasteiger partial charge in [0, 0.05) is 18.2 Å². The summed E-state index contributed by atoms with van der Waals surface area (Å²) in [7, 11) is 0. The van der Waals surface area contributed by atoms with Crippen LogP contribution in [0.4, 0.5) is 0 Å². The standard InChI is InChI=1S/C10H12N2/c1-2-8-4-3-5-9(6-8)10(12)7-11/h1,3-6,10H,7,11-12H2/t10-/m0/s1. The van der Waals surface area contributed by atoms with Crippen LogP contribution in [0.2, 0.25) is 0 Å². The van der Waals surface area contributed by atoms with Crippen molar-refractivity contribution in [1.29, 1.82) is 0 Å². The molecule has 0 heterocycles. The molecule has 0 unspecified atom stereocenters. The largest absolute Gasteiger partial charge is 0.329 e. The van der Waals surface area contributed by atoms with E-state index in [1.165, 1.54) is 0 Å². The first-order valence-corrected chi connectivity index (χ1v) is 3.80. The van der Waals surface area contributed by atoms with Crippen molar-refractivity contribution in [2.45, 2.75) is 6.04 Å². The zero-order valence-corrected chi connectivity index (χ0v) is 6.83. The Kier molecular flexibility index (Phi) is 2.87. The van der Waals surface area contributed by atoms with Gasteiger partial charge in [0.05, 0.1) is 0 Å². The zero-order valence-electron chi connectivity index (χ0n) is 6.83. The molecule has 1 aromatic rings. The summed E-state index contributed by atoms with van der Waals surface area (Å²) in [6.07, 6.45) is 5.24. The summed E-state index contributed by atoms with van der Waals surface area (Å²) in [5.41, 5.74) is 13.0. The molecular formula is C10H12N2. The van der Waals surface area contributed by atoms with Crippen LogP contribution in [0.5, 0.6) is 0 Å². The maximum Gasteiger partial charge on any atom is 0.0419 e. The Morgan fingerprint density at radius 1 is 1.50 bits per heavy atom. The summed E-state index contributed by atoms with van der Waals surface area (Å²) >= 11 is 0. The van der Waals surface area contributed by atoms with Gasteiger partial charge in [0.25, 0.3) is 0 Å². The minimum absolute atomic E-state index is 0.113. The molecule has 0 saturated carbocycles. The average molecular weight is 160 g/mol. The first-order valence-electron chi connectivity index (χ1n) is 3.80. The quantitative estimate of drug-likeness (QED) is 0.623. The molecule has 0 aliphatic heterocycles. The zero-order chi connectivity index (χ0) is 8.97. The molecule has 12 heavy (non-hydrogen) atoms. The van der Waals surface area contributed by atoms with E-state index in [9.17, 15) is 0 Å². The minimum atomic E-state index is -0.113. The van der Waals surface area contributed by atoms with Gasteiger partial charge in [-0.1, -0.05) is 18.1 Å². The van der Waals surface area contributed by atoms with Crippen molar-refractivity contribution < 1.29 is 0 Å². The minimum Gasteiger partial charge on any atom is -0.329 e. The second-order valence-electron chi connectivity index (χ2n) is 2.61. The van der Waals surface area contributed by atoms with Crippen molar-refractivity contribution in [2.24, 2.45) is 11.5 Å². The molecule has 0 aliphatic carbocycles. The molecule has 62 valence electrons. The molecule has 0 radical (unpaired) electrons. The lowest BCUT2D eigenvalue weighted by Crippen LogP contribution is -2.20. The SMILES string of the molecule is C#Cc1cccc([C@@H](N)CN)c1. The number of hydrogen-bond donors (Lipinski definition) is 2. The molecule has 0 spiro atoms. The van der Waals surface area contributed by atoms with Crippen LogP contribution in [-0.4, -0.2) is 6.54 Å². The molecule has 1 rings (SSSR count). The van der Waals surface area contributed by atoms with Crippen molar-refractivity contribution in [3.05, 3.63) is 35.4 Å². The van der Waals surface area contributed by atoms with E-state index in [2.05, 4.69) is 5.92 Å². The first kappa shape index (κ1) is 8.79. The van der Waals surface area contributed by atoms with Gasteiger partial charge in [0.2, 0.25) is 0 Å². The highest BCUT2D eigenvalue weighted by Gasteiger charge is 2.02. The van der Waals surface area contributed by atoms with Crippen LogP contribution in [-0.2, 0) is 0 Å². The summed E-state index contributed by atoms with van der Waals surface area (Å²) in [5.74, 6) is 2.55. The lowest BCUT2D eigenvalue weighted by molar-refractivity contribution is 0.737. The maximum atomic E-state index is 5.72. The second kappa shape index (κ2) is 3.91. The highest BCUT2D eigenvalue weighted by molar-refractivity contribution is 5.36. The molecule has 0 aliphatic rings. The van der Waals surface area contributed by atoms with Gasteiger partial charge < -0.3 is 11.5 Å². The van der Waals surface area contributed by atoms with Crippen LogP contribution in [0.25, 0.3) is 0 Å². The summed E-state index contributed by atoms with van der Waals surface area (Å²) in [4.78, 5) is 0. The van der Waals surface area contributed by atoms with E-state index >= 15 is 0 Å². The smallest absolute Gasteiger partial charge is 0.0419 e. The van der Waals surface area contributed by atoms with E-state index < -0.39 is 0 Å². The van der Waals surface area contributed by atoms with Gasteiger partial charge in [0.1, 0.15) is 0 Å². The van der Waals surface area contributed by atoms with Crippen molar-refractivity contribution in [1.82, 2.24) is 0 Å². The topological polar surface area (TPSA) is 52.0 Å². The predicted octanol–water partition coefficient (Wildman–Crippen LogP) is 0.626. The molecule has 2 heteroatoms. The molecule has 0 bridgehead atoms. The molecule has 1 aromatic carbocycles. The lowest BCUT2D eigenvalue weighted by Gasteiger charge is -2.08. The van der Waals surface area contributed by atoms with E-state index in [1.54, 1.807) is 0 Å². The number of terminal acetylenes is 1. The highest BCUT2D eigenvalue weighted by atomic mass is 14.7. The molecule has 0 saturated heterocycles. The Hall–Kier alpha value is -1.30. The Bertz CT molecular complexity index is 299. The fourth-order valence-electron chi connectivity index (χ4n) is 0.995. The molecule has 0 amide bonds. The van der Waals surface area contributed by atoms with Crippen molar-refractivity contribution in [2.75, 3.05) is 6.54 Å². The first-order chi connectivity index (χ1) is 5.77. The van der Waals surface area contributed by atoms with Crippen molar-refractivity contribution >= 4 is 0 Å². The van der Waals surface area contributed by atoms with Crippen LogP contribution in [0.3, 0.4) is 0 Å². The third-order valence-electron chi connectivity index (χ3n) is 1.74. The third kappa shape index (κ3) is 1.85. The third-order valence-corrected chi connectivity index (χ3v) is 1.74. The van der Waals surface area contributed by atoms with Crippen LogP contribution in [0.1, 0.15) is 17.2 Å². The maximum absolute atomic E-state index is 5.72. The lowest BCUT2D eigenvalue weighted by atomic mass is 10.1. The van der Waals surface area contributed by atoms with E-state index in [0.717, 1.165) is 11.1 Å². The van der Waals surface area contributed by atoms with Gasteiger partial charge in [-0.05, 0) is 17.7 Å². The Balaban J connectivity index is 2.95. The monoisotopic (exact) mass is 160 g/mol. The van der Waals surface area contributed by atoms with E-state index in [1.807, 2.05) is 24.3 Å². The van der Waals surface area contributed by atoms with Crippen LogP contribution >= 0.6 is 0 Å². The van der Waals surface area contributed by atoms with Gasteiger partial charge in [-0.15, -0.1) is 6.42 Å². The highest BCUT2D eigenvalue weighted by Crippen LogP contribution is 2.10. The second-order valence-corrected chi connectivity index (χ2v) is 2.61. The van der Waals surface area contributed by atoms with Gasteiger partial charge >= 0.3 is 0 Å². The van der Waals surface area contributed by atoms with Crippen LogP contribution < -0.4 is 11.5 Å². The average Bonchev–Trinajstić information content (AvgIpc) is 2.17. The normalized spacial score (nSPS) is 12.1.